The van der Waals surface area contributed by atoms with Gasteiger partial charge in [0, 0.05) is 11.6 Å². The quantitative estimate of drug-likeness (QED) is 0.826. The molecule has 1 aromatic heterocycles. The van der Waals surface area contributed by atoms with Crippen molar-refractivity contribution in [3.05, 3.63) is 23.7 Å². The van der Waals surface area contributed by atoms with Crippen LogP contribution in [-0.4, -0.2) is 22.5 Å². The molecule has 5 heteroatoms. The molecule has 0 radical (unpaired) electrons. The molecule has 0 aliphatic carbocycles. The van der Waals surface area contributed by atoms with Crippen LogP contribution in [0.1, 0.15) is 54.5 Å². The highest BCUT2D eigenvalue weighted by molar-refractivity contribution is 5.95. The number of carboxylic acid groups (broad SMARTS) is 1. The number of nitrogens with one attached hydrogen (secondary N) is 1. The zero-order chi connectivity index (χ0) is 13.1. The molecule has 0 atom stereocenters. The van der Waals surface area contributed by atoms with Gasteiger partial charge in [0.2, 0.25) is 0 Å². The van der Waals surface area contributed by atoms with Crippen LogP contribution in [-0.2, 0) is 0 Å². The average Bonchev–Trinajstić information content (AvgIpc) is 2.64. The van der Waals surface area contributed by atoms with E-state index in [4.69, 9.17) is 9.52 Å². The van der Waals surface area contributed by atoms with Crippen molar-refractivity contribution < 1.29 is 19.1 Å². The summed E-state index contributed by atoms with van der Waals surface area (Å²) in [4.78, 5) is 22.4. The van der Waals surface area contributed by atoms with Crippen molar-refractivity contribution in [1.82, 2.24) is 5.32 Å². The average molecular weight is 239 g/mol. The van der Waals surface area contributed by atoms with Gasteiger partial charge in [-0.1, -0.05) is 13.3 Å². The van der Waals surface area contributed by atoms with Gasteiger partial charge in [0.1, 0.15) is 6.26 Å². The Bertz CT molecular complexity index is 420. The fraction of sp³-hybridized carbons (Fsp3) is 0.500. The van der Waals surface area contributed by atoms with Gasteiger partial charge in [0.05, 0.1) is 5.56 Å². The maximum atomic E-state index is 11.8. The van der Waals surface area contributed by atoms with E-state index in [0.717, 1.165) is 19.1 Å². The fourth-order valence-electron chi connectivity index (χ4n) is 1.62. The van der Waals surface area contributed by atoms with Crippen molar-refractivity contribution in [2.45, 2.75) is 39.2 Å². The first-order valence-electron chi connectivity index (χ1n) is 5.50. The van der Waals surface area contributed by atoms with E-state index in [1.807, 2.05) is 20.8 Å². The van der Waals surface area contributed by atoms with Crippen LogP contribution in [0.2, 0.25) is 0 Å². The maximum absolute atomic E-state index is 11.8. The van der Waals surface area contributed by atoms with Crippen molar-refractivity contribution in [3.8, 4) is 0 Å². The summed E-state index contributed by atoms with van der Waals surface area (Å²) < 4.78 is 4.92. The van der Waals surface area contributed by atoms with Crippen molar-refractivity contribution in [1.29, 1.82) is 0 Å². The fourth-order valence-corrected chi connectivity index (χ4v) is 1.62. The van der Waals surface area contributed by atoms with E-state index in [2.05, 4.69) is 5.32 Å². The van der Waals surface area contributed by atoms with E-state index >= 15 is 0 Å². The van der Waals surface area contributed by atoms with Gasteiger partial charge < -0.3 is 14.8 Å². The third kappa shape index (κ3) is 3.62. The molecular weight excluding hydrogens is 222 g/mol. The molecule has 0 saturated heterocycles. The second-order valence-corrected chi connectivity index (χ2v) is 4.59. The molecule has 0 aliphatic heterocycles. The van der Waals surface area contributed by atoms with Crippen molar-refractivity contribution in [2.75, 3.05) is 0 Å². The van der Waals surface area contributed by atoms with Crippen LogP contribution >= 0.6 is 0 Å². The van der Waals surface area contributed by atoms with Gasteiger partial charge in [-0.15, -0.1) is 0 Å². The normalized spacial score (nSPS) is 11.2. The monoisotopic (exact) mass is 239 g/mol. The van der Waals surface area contributed by atoms with E-state index in [1.54, 1.807) is 0 Å². The highest BCUT2D eigenvalue weighted by Gasteiger charge is 2.22. The zero-order valence-corrected chi connectivity index (χ0v) is 10.2. The van der Waals surface area contributed by atoms with Crippen LogP contribution in [0.5, 0.6) is 0 Å². The standard InChI is InChI=1S/C12H17NO4/c1-4-5-12(2,3)13-10(14)9-6-8(7-17-9)11(15)16/h6-7H,4-5H2,1-3H3,(H,13,14)(H,15,16). The van der Waals surface area contributed by atoms with Gasteiger partial charge in [-0.05, 0) is 20.3 Å². The van der Waals surface area contributed by atoms with Gasteiger partial charge in [-0.25, -0.2) is 4.79 Å². The molecule has 0 fully saturated rings. The first-order valence-corrected chi connectivity index (χ1v) is 5.50. The first-order chi connectivity index (χ1) is 7.85. The molecule has 1 heterocycles. The topological polar surface area (TPSA) is 79.5 Å². The number of amides is 1. The Balaban J connectivity index is 2.73. The Morgan fingerprint density at radius 1 is 1.47 bits per heavy atom. The molecule has 17 heavy (non-hydrogen) atoms. The van der Waals surface area contributed by atoms with Crippen LogP contribution in [0, 0.1) is 0 Å². The molecule has 0 bridgehead atoms. The predicted molar refractivity (Wildman–Crippen MR) is 62.1 cm³/mol. The molecule has 94 valence electrons. The summed E-state index contributed by atoms with van der Waals surface area (Å²) in [6.45, 7) is 5.86. The third-order valence-electron chi connectivity index (χ3n) is 2.40. The molecule has 0 spiro atoms. The van der Waals surface area contributed by atoms with E-state index in [1.165, 1.54) is 6.07 Å². The number of hydrogen-bond donors (Lipinski definition) is 2. The number of carboxylic acids is 1. The van der Waals surface area contributed by atoms with Crippen LogP contribution in [0.3, 0.4) is 0 Å². The number of aromatic carboxylic acids is 1. The molecular formula is C12H17NO4. The summed E-state index contributed by atoms with van der Waals surface area (Å²) in [5, 5.41) is 11.5. The lowest BCUT2D eigenvalue weighted by molar-refractivity contribution is 0.0695. The van der Waals surface area contributed by atoms with Gasteiger partial charge >= 0.3 is 5.97 Å². The molecule has 5 nitrogen and oxygen atoms in total. The molecule has 2 N–H and O–H groups in total. The van der Waals surface area contributed by atoms with Crippen molar-refractivity contribution in [2.24, 2.45) is 0 Å². The molecule has 0 aliphatic rings. The minimum atomic E-state index is -1.11. The van der Waals surface area contributed by atoms with Crippen LogP contribution in [0.25, 0.3) is 0 Å². The van der Waals surface area contributed by atoms with Crippen LogP contribution in [0.15, 0.2) is 16.7 Å². The summed E-state index contributed by atoms with van der Waals surface area (Å²) >= 11 is 0. The Morgan fingerprint density at radius 3 is 2.59 bits per heavy atom. The molecule has 1 aromatic rings. The van der Waals surface area contributed by atoms with E-state index in [-0.39, 0.29) is 16.9 Å². The Labute approximate surface area is 99.8 Å². The molecule has 0 unspecified atom stereocenters. The van der Waals surface area contributed by atoms with Crippen molar-refractivity contribution >= 4 is 11.9 Å². The number of furan rings is 1. The molecule has 0 saturated carbocycles. The summed E-state index contributed by atoms with van der Waals surface area (Å²) in [7, 11) is 0. The lowest BCUT2D eigenvalue weighted by Gasteiger charge is -2.24. The van der Waals surface area contributed by atoms with Crippen LogP contribution < -0.4 is 5.32 Å². The van der Waals surface area contributed by atoms with Crippen LogP contribution in [0.4, 0.5) is 0 Å². The summed E-state index contributed by atoms with van der Waals surface area (Å²) in [6, 6.07) is 1.22. The molecule has 1 amide bonds. The summed E-state index contributed by atoms with van der Waals surface area (Å²) in [6.07, 6.45) is 2.85. The Hall–Kier alpha value is -1.78. The lowest BCUT2D eigenvalue weighted by Crippen LogP contribution is -2.43. The number of rotatable bonds is 5. The smallest absolute Gasteiger partial charge is 0.338 e. The minimum Gasteiger partial charge on any atom is -0.478 e. The highest BCUT2D eigenvalue weighted by Crippen LogP contribution is 2.14. The van der Waals surface area contributed by atoms with Crippen molar-refractivity contribution in [3.63, 3.8) is 0 Å². The third-order valence-corrected chi connectivity index (χ3v) is 2.40. The van der Waals surface area contributed by atoms with Gasteiger partial charge in [-0.2, -0.15) is 0 Å². The first kappa shape index (κ1) is 13.3. The number of hydrogen-bond acceptors (Lipinski definition) is 3. The summed E-state index contributed by atoms with van der Waals surface area (Å²) in [5.41, 5.74) is -0.356. The maximum Gasteiger partial charge on any atom is 0.338 e. The van der Waals surface area contributed by atoms with Gasteiger partial charge in [-0.3, -0.25) is 4.79 Å². The van der Waals surface area contributed by atoms with Gasteiger partial charge in [0.25, 0.3) is 5.91 Å². The number of carbonyl (C=O) groups excluding carboxylic acids is 1. The Morgan fingerprint density at radius 2 is 2.12 bits per heavy atom. The van der Waals surface area contributed by atoms with Gasteiger partial charge in [0.15, 0.2) is 5.76 Å². The second kappa shape index (κ2) is 5.03. The predicted octanol–water partition coefficient (Wildman–Crippen LogP) is 2.29. The zero-order valence-electron chi connectivity index (χ0n) is 10.2. The van der Waals surface area contributed by atoms with E-state index in [0.29, 0.717) is 0 Å². The lowest BCUT2D eigenvalue weighted by atomic mass is 9.99. The molecule has 0 aromatic carbocycles. The molecule has 1 rings (SSSR count). The number of carbonyl (C=O) groups is 2. The highest BCUT2D eigenvalue weighted by atomic mass is 16.4. The second-order valence-electron chi connectivity index (χ2n) is 4.59. The Kier molecular flexibility index (Phi) is 3.93. The SMILES string of the molecule is CCCC(C)(C)NC(=O)c1cc(C(=O)O)co1. The summed E-state index contributed by atoms with van der Waals surface area (Å²) in [5.74, 6) is -1.48. The minimum absolute atomic E-state index is 0.0200. The largest absolute Gasteiger partial charge is 0.478 e. The van der Waals surface area contributed by atoms with E-state index in [9.17, 15) is 9.59 Å². The van der Waals surface area contributed by atoms with E-state index < -0.39 is 11.9 Å².